The van der Waals surface area contributed by atoms with Crippen molar-refractivity contribution in [3.8, 4) is 5.75 Å². The molecule has 7 atom stereocenters. The minimum atomic E-state index is -3.07. The monoisotopic (exact) mass is 692 g/mol. The number of benzene rings is 2. The summed E-state index contributed by atoms with van der Waals surface area (Å²) in [4.78, 5) is 68.2. The van der Waals surface area contributed by atoms with Crippen LogP contribution in [-0.2, 0) is 30.5 Å². The molecule has 1 fully saturated rings. The summed E-state index contributed by atoms with van der Waals surface area (Å²) >= 11 is 0. The van der Waals surface area contributed by atoms with E-state index in [9.17, 15) is 54.6 Å². The number of phenols is 1. The molecule has 0 saturated heterocycles. The number of carbonyl (C=O) groups excluding carboxylic acids is 4. The molecule has 2 aromatic carbocycles. The van der Waals surface area contributed by atoms with Gasteiger partial charge in [-0.05, 0) is 43.8 Å². The zero-order valence-corrected chi connectivity index (χ0v) is 27.8. The SMILES string of the molecule is CCN(Cc1ccccc1)[C@@H](CC(=O)O)C(=O)Nc1ccc2c(c1O)C(O)=C1C(=O)C3(O)C(O)=C(C(N)=O)C(=O)C(N(C)C)C3C(O)C1C2C. The van der Waals surface area contributed by atoms with Gasteiger partial charge in [0.05, 0.1) is 35.7 Å². The number of ketones is 2. The molecule has 2 amide bonds. The molecule has 1 saturated carbocycles. The molecule has 9 N–H and O–H groups in total. The molecule has 0 spiro atoms. The van der Waals surface area contributed by atoms with Gasteiger partial charge in [-0.2, -0.15) is 0 Å². The number of amides is 2. The Morgan fingerprint density at radius 3 is 2.24 bits per heavy atom. The minimum absolute atomic E-state index is 0.229. The van der Waals surface area contributed by atoms with Gasteiger partial charge in [0.2, 0.25) is 11.7 Å². The highest BCUT2D eigenvalue weighted by atomic mass is 16.4. The van der Waals surface area contributed by atoms with Crippen LogP contribution in [0.1, 0.15) is 42.9 Å². The van der Waals surface area contributed by atoms with Crippen molar-refractivity contribution in [2.45, 2.75) is 56.5 Å². The number of anilines is 1. The molecule has 3 aliphatic carbocycles. The molecule has 15 heteroatoms. The first-order valence-corrected chi connectivity index (χ1v) is 16.0. The number of phenolic OH excluding ortho intramolecular Hbond substituents is 1. The Balaban J connectivity index is 1.59. The highest BCUT2D eigenvalue weighted by molar-refractivity contribution is 6.24. The third-order valence-electron chi connectivity index (χ3n) is 10.1. The number of hydrogen-bond donors (Lipinski definition) is 8. The molecular formula is C35H40N4O11. The van der Waals surface area contributed by atoms with E-state index >= 15 is 0 Å². The van der Waals surface area contributed by atoms with Crippen molar-refractivity contribution in [1.82, 2.24) is 9.80 Å². The van der Waals surface area contributed by atoms with E-state index in [1.165, 1.54) is 31.1 Å². The van der Waals surface area contributed by atoms with E-state index in [1.54, 1.807) is 18.7 Å². The first-order valence-electron chi connectivity index (χ1n) is 16.0. The van der Waals surface area contributed by atoms with E-state index in [-0.39, 0.29) is 23.4 Å². The minimum Gasteiger partial charge on any atom is -0.508 e. The highest BCUT2D eigenvalue weighted by Crippen LogP contribution is 2.56. The average Bonchev–Trinajstić information content (AvgIpc) is 3.05. The Hall–Kier alpha value is -5.09. The molecule has 50 heavy (non-hydrogen) atoms. The van der Waals surface area contributed by atoms with Crippen molar-refractivity contribution in [3.05, 3.63) is 76.1 Å². The van der Waals surface area contributed by atoms with Gasteiger partial charge in [0.1, 0.15) is 28.9 Å². The number of carboxylic acids is 1. The van der Waals surface area contributed by atoms with E-state index in [1.807, 2.05) is 30.3 Å². The van der Waals surface area contributed by atoms with Crippen molar-refractivity contribution in [2.75, 3.05) is 26.0 Å². The maximum absolute atomic E-state index is 14.2. The van der Waals surface area contributed by atoms with Crippen LogP contribution in [0, 0.1) is 11.8 Å². The van der Waals surface area contributed by atoms with Crippen LogP contribution < -0.4 is 11.1 Å². The lowest BCUT2D eigenvalue weighted by atomic mass is 9.54. The van der Waals surface area contributed by atoms with E-state index < -0.39 is 106 Å². The predicted molar refractivity (Wildman–Crippen MR) is 178 cm³/mol. The van der Waals surface area contributed by atoms with Crippen LogP contribution in [0.3, 0.4) is 0 Å². The van der Waals surface area contributed by atoms with Gasteiger partial charge in [-0.25, -0.2) is 0 Å². The number of aliphatic carboxylic acids is 1. The zero-order chi connectivity index (χ0) is 37.0. The molecule has 266 valence electrons. The molecule has 0 radical (unpaired) electrons. The highest BCUT2D eigenvalue weighted by Gasteiger charge is 2.68. The number of Topliss-reactive ketones (excluding diaryl/α,β-unsaturated/α-hetero) is 2. The van der Waals surface area contributed by atoms with Gasteiger partial charge < -0.3 is 41.7 Å². The Bertz CT molecular complexity index is 1840. The molecule has 0 aromatic heterocycles. The second-order valence-corrected chi connectivity index (χ2v) is 13.1. The number of aromatic hydroxyl groups is 1. The van der Waals surface area contributed by atoms with Crippen LogP contribution in [0.15, 0.2) is 59.4 Å². The Kier molecular flexibility index (Phi) is 9.64. The van der Waals surface area contributed by atoms with Crippen LogP contribution in [0.2, 0.25) is 0 Å². The van der Waals surface area contributed by atoms with Crippen molar-refractivity contribution < 1.29 is 54.6 Å². The third-order valence-corrected chi connectivity index (χ3v) is 10.1. The lowest BCUT2D eigenvalue weighted by Gasteiger charge is -2.53. The molecule has 15 nitrogen and oxygen atoms in total. The summed E-state index contributed by atoms with van der Waals surface area (Å²) in [7, 11) is 2.83. The first kappa shape index (κ1) is 36.2. The quantitative estimate of drug-likeness (QED) is 0.127. The number of nitrogens with two attached hydrogens (primary N) is 1. The number of nitrogens with zero attached hydrogens (tertiary/aromatic N) is 2. The van der Waals surface area contributed by atoms with E-state index in [0.29, 0.717) is 6.54 Å². The Morgan fingerprint density at radius 2 is 1.68 bits per heavy atom. The second kappa shape index (κ2) is 13.3. The summed E-state index contributed by atoms with van der Waals surface area (Å²) in [6.45, 7) is 3.90. The number of primary amides is 1. The summed E-state index contributed by atoms with van der Waals surface area (Å²) in [6.07, 6.45) is -2.33. The summed E-state index contributed by atoms with van der Waals surface area (Å²) < 4.78 is 0. The Morgan fingerprint density at radius 1 is 1.04 bits per heavy atom. The van der Waals surface area contributed by atoms with Crippen molar-refractivity contribution >= 4 is 40.8 Å². The van der Waals surface area contributed by atoms with E-state index in [4.69, 9.17) is 5.73 Å². The van der Waals surface area contributed by atoms with Crippen LogP contribution in [0.4, 0.5) is 5.69 Å². The standard InChI is InChI=1S/C35H40N4O11/c1-5-39(14-16-9-7-6-8-10-16)19(13-20(40)41)34(49)37-18-12-11-17-15(2)21-23(28(43)22(17)27(18)42)31(46)35(50)25(29(21)44)26(38(3)4)30(45)24(32(35)47)33(36)48/h6-12,15,19,21,25-26,29,42-44,47,50H,5,13-14H2,1-4H3,(H2,36,48)(H,37,49)(H,40,41)/t15?,19-,21?,25?,26?,29?,35?/m0/s1. The van der Waals surface area contributed by atoms with E-state index in [0.717, 1.165) is 5.56 Å². The fourth-order valence-corrected chi connectivity index (χ4v) is 7.75. The fourth-order valence-electron chi connectivity index (χ4n) is 7.75. The summed E-state index contributed by atoms with van der Waals surface area (Å²) in [5.74, 6) is -12.5. The van der Waals surface area contributed by atoms with Crippen molar-refractivity contribution in [2.24, 2.45) is 17.6 Å². The molecule has 5 rings (SSSR count). The van der Waals surface area contributed by atoms with Crippen molar-refractivity contribution in [3.63, 3.8) is 0 Å². The summed E-state index contributed by atoms with van der Waals surface area (Å²) in [5.41, 5.74) is 1.21. The third kappa shape index (κ3) is 5.61. The van der Waals surface area contributed by atoms with Crippen LogP contribution >= 0.6 is 0 Å². The second-order valence-electron chi connectivity index (χ2n) is 13.1. The van der Waals surface area contributed by atoms with Gasteiger partial charge in [0.25, 0.3) is 5.91 Å². The largest absolute Gasteiger partial charge is 0.508 e. The normalized spacial score (nSPS) is 26.8. The van der Waals surface area contributed by atoms with Gasteiger partial charge in [0, 0.05) is 18.0 Å². The number of carboxylic acid groups (broad SMARTS) is 1. The summed E-state index contributed by atoms with van der Waals surface area (Å²) in [5, 5.41) is 70.0. The lowest BCUT2D eigenvalue weighted by Crippen LogP contribution is -2.70. The molecule has 3 aliphatic rings. The van der Waals surface area contributed by atoms with Crippen LogP contribution in [0.5, 0.6) is 5.75 Å². The molecule has 6 unspecified atom stereocenters. The van der Waals surface area contributed by atoms with E-state index in [2.05, 4.69) is 5.32 Å². The number of aliphatic hydroxyl groups is 4. The van der Waals surface area contributed by atoms with Crippen LogP contribution in [-0.4, -0.2) is 114 Å². The maximum Gasteiger partial charge on any atom is 0.305 e. The molecule has 0 heterocycles. The number of fused-ring (bicyclic) bond motifs is 3. The lowest BCUT2D eigenvalue weighted by molar-refractivity contribution is -0.169. The van der Waals surface area contributed by atoms with Crippen LogP contribution in [0.25, 0.3) is 5.76 Å². The predicted octanol–water partition coefficient (Wildman–Crippen LogP) is 0.800. The number of hydrogen-bond acceptors (Lipinski definition) is 12. The smallest absolute Gasteiger partial charge is 0.305 e. The topological polar surface area (TPSA) is 251 Å². The van der Waals surface area contributed by atoms with Gasteiger partial charge >= 0.3 is 5.97 Å². The number of rotatable bonds is 10. The number of nitrogens with one attached hydrogen (secondary N) is 1. The zero-order valence-electron chi connectivity index (χ0n) is 27.8. The van der Waals surface area contributed by atoms with Gasteiger partial charge in [-0.1, -0.05) is 50.2 Å². The first-order chi connectivity index (χ1) is 23.5. The molecular weight excluding hydrogens is 652 g/mol. The average molecular weight is 693 g/mol. The number of carbonyl (C=O) groups is 5. The molecule has 0 bridgehead atoms. The fraction of sp³-hybridized carbons (Fsp3) is 0.400. The van der Waals surface area contributed by atoms with Crippen molar-refractivity contribution in [1.29, 1.82) is 0 Å². The molecule has 0 aliphatic heterocycles. The number of likely N-dealkylation sites (N-methyl/N-ethyl adjacent to an activating group) is 2. The van der Waals surface area contributed by atoms with Gasteiger partial charge in [-0.3, -0.25) is 33.8 Å². The molecule has 2 aromatic rings. The van der Waals surface area contributed by atoms with Gasteiger partial charge in [-0.15, -0.1) is 0 Å². The summed E-state index contributed by atoms with van der Waals surface area (Å²) in [6, 6.07) is 9.22. The number of aliphatic hydroxyl groups excluding tert-OH is 3. The Labute approximate surface area is 286 Å². The maximum atomic E-state index is 14.2. The van der Waals surface area contributed by atoms with Gasteiger partial charge in [0.15, 0.2) is 11.4 Å².